The van der Waals surface area contributed by atoms with Gasteiger partial charge in [0.05, 0.1) is 5.56 Å². The summed E-state index contributed by atoms with van der Waals surface area (Å²) in [5, 5.41) is 11.9. The Bertz CT molecular complexity index is 479. The van der Waals surface area contributed by atoms with Crippen LogP contribution in [0.5, 0.6) is 0 Å². The van der Waals surface area contributed by atoms with E-state index in [0.717, 1.165) is 3.57 Å². The molecule has 0 saturated carbocycles. The molecule has 0 fully saturated rings. The fourth-order valence-electron chi connectivity index (χ4n) is 1.60. The third-order valence-electron chi connectivity index (χ3n) is 2.58. The first-order valence-electron chi connectivity index (χ1n) is 5.88. The van der Waals surface area contributed by atoms with Gasteiger partial charge in [-0.1, -0.05) is 11.6 Å². The third kappa shape index (κ3) is 5.78. The van der Waals surface area contributed by atoms with E-state index in [1.165, 1.54) is 0 Å². The molecule has 104 valence electrons. The van der Waals surface area contributed by atoms with Gasteiger partial charge in [-0.05, 0) is 60.6 Å². The van der Waals surface area contributed by atoms with Crippen molar-refractivity contribution in [3.8, 4) is 0 Å². The normalized spacial score (nSPS) is 11.9. The highest BCUT2D eigenvalue weighted by Gasteiger charge is 2.13. The van der Waals surface area contributed by atoms with Gasteiger partial charge in [0.15, 0.2) is 0 Å². The van der Waals surface area contributed by atoms with Gasteiger partial charge in [-0.3, -0.25) is 9.59 Å². The first-order valence-corrected chi connectivity index (χ1v) is 7.33. The lowest BCUT2D eigenvalue weighted by Crippen LogP contribution is -2.33. The van der Waals surface area contributed by atoms with E-state index in [2.05, 4.69) is 27.9 Å². The minimum Gasteiger partial charge on any atom is -0.481 e. The molecule has 1 aromatic carbocycles. The molecule has 0 bridgehead atoms. The smallest absolute Gasteiger partial charge is 0.303 e. The zero-order valence-corrected chi connectivity index (χ0v) is 13.4. The van der Waals surface area contributed by atoms with Crippen molar-refractivity contribution in [2.75, 3.05) is 0 Å². The number of hydrogen-bond acceptors (Lipinski definition) is 2. The molecule has 19 heavy (non-hydrogen) atoms. The van der Waals surface area contributed by atoms with Crippen molar-refractivity contribution >= 4 is 46.1 Å². The topological polar surface area (TPSA) is 66.4 Å². The van der Waals surface area contributed by atoms with Crippen molar-refractivity contribution in [3.63, 3.8) is 0 Å². The SMILES string of the molecule is CC(CCCC(=O)O)NC(=O)c1cc(Cl)ccc1I. The van der Waals surface area contributed by atoms with Crippen LogP contribution in [0.3, 0.4) is 0 Å². The fraction of sp³-hybridized carbons (Fsp3) is 0.385. The summed E-state index contributed by atoms with van der Waals surface area (Å²) in [6, 6.07) is 5.08. The van der Waals surface area contributed by atoms with Gasteiger partial charge in [-0.15, -0.1) is 0 Å². The number of carboxylic acid groups (broad SMARTS) is 1. The Hall–Kier alpha value is -0.820. The van der Waals surface area contributed by atoms with Gasteiger partial charge in [0.25, 0.3) is 5.91 Å². The maximum atomic E-state index is 12.0. The van der Waals surface area contributed by atoms with Crippen molar-refractivity contribution in [1.29, 1.82) is 0 Å². The van der Waals surface area contributed by atoms with Crippen LogP contribution in [0.25, 0.3) is 0 Å². The molecule has 0 aliphatic rings. The highest BCUT2D eigenvalue weighted by molar-refractivity contribution is 14.1. The molecule has 1 aromatic rings. The van der Waals surface area contributed by atoms with Crippen LogP contribution in [-0.4, -0.2) is 23.0 Å². The van der Waals surface area contributed by atoms with Crippen molar-refractivity contribution in [2.45, 2.75) is 32.2 Å². The number of rotatable bonds is 6. The lowest BCUT2D eigenvalue weighted by Gasteiger charge is -2.14. The highest BCUT2D eigenvalue weighted by Crippen LogP contribution is 2.18. The van der Waals surface area contributed by atoms with Crippen molar-refractivity contribution < 1.29 is 14.7 Å². The lowest BCUT2D eigenvalue weighted by atomic mass is 10.1. The zero-order valence-electron chi connectivity index (χ0n) is 10.5. The number of carbonyl (C=O) groups is 2. The Morgan fingerprint density at radius 2 is 2.16 bits per heavy atom. The number of nitrogens with one attached hydrogen (secondary N) is 1. The van der Waals surface area contributed by atoms with E-state index in [0.29, 0.717) is 23.4 Å². The molecule has 0 saturated heterocycles. The van der Waals surface area contributed by atoms with Crippen LogP contribution in [-0.2, 0) is 4.79 Å². The first-order chi connectivity index (χ1) is 8.90. The Morgan fingerprint density at radius 1 is 1.47 bits per heavy atom. The number of hydrogen-bond donors (Lipinski definition) is 2. The quantitative estimate of drug-likeness (QED) is 0.726. The number of amides is 1. The molecule has 6 heteroatoms. The molecule has 0 spiro atoms. The first kappa shape index (κ1) is 16.2. The number of halogens is 2. The zero-order chi connectivity index (χ0) is 14.4. The Kier molecular flexibility index (Phi) is 6.57. The number of carboxylic acids is 1. The summed E-state index contributed by atoms with van der Waals surface area (Å²) in [5.74, 6) is -1.00. The van der Waals surface area contributed by atoms with Crippen molar-refractivity contribution in [2.24, 2.45) is 0 Å². The number of aliphatic carboxylic acids is 1. The third-order valence-corrected chi connectivity index (χ3v) is 3.75. The van der Waals surface area contributed by atoms with E-state index in [1.54, 1.807) is 18.2 Å². The molecule has 2 N–H and O–H groups in total. The summed E-state index contributed by atoms with van der Waals surface area (Å²) in [6.45, 7) is 1.86. The second kappa shape index (κ2) is 7.69. The number of benzene rings is 1. The maximum Gasteiger partial charge on any atom is 0.303 e. The largest absolute Gasteiger partial charge is 0.481 e. The molecule has 0 aromatic heterocycles. The average molecular weight is 396 g/mol. The van der Waals surface area contributed by atoms with E-state index in [-0.39, 0.29) is 18.4 Å². The van der Waals surface area contributed by atoms with Crippen LogP contribution in [0.15, 0.2) is 18.2 Å². The van der Waals surface area contributed by atoms with Gasteiger partial charge in [0, 0.05) is 21.1 Å². The van der Waals surface area contributed by atoms with Gasteiger partial charge in [0.1, 0.15) is 0 Å². The second-order valence-corrected chi connectivity index (χ2v) is 5.88. The lowest BCUT2D eigenvalue weighted by molar-refractivity contribution is -0.137. The van der Waals surface area contributed by atoms with Crippen LogP contribution >= 0.6 is 34.2 Å². The van der Waals surface area contributed by atoms with Crippen LogP contribution in [0.2, 0.25) is 5.02 Å². The van der Waals surface area contributed by atoms with Gasteiger partial charge in [-0.25, -0.2) is 0 Å². The summed E-state index contributed by atoms with van der Waals surface area (Å²) in [7, 11) is 0. The van der Waals surface area contributed by atoms with E-state index < -0.39 is 5.97 Å². The van der Waals surface area contributed by atoms with E-state index in [1.807, 2.05) is 6.92 Å². The predicted molar refractivity (Wildman–Crippen MR) is 82.6 cm³/mol. The van der Waals surface area contributed by atoms with Gasteiger partial charge < -0.3 is 10.4 Å². The maximum absolute atomic E-state index is 12.0. The van der Waals surface area contributed by atoms with Crippen LogP contribution in [0.1, 0.15) is 36.5 Å². The minimum atomic E-state index is -0.817. The summed E-state index contributed by atoms with van der Waals surface area (Å²) in [5.41, 5.74) is 0.540. The molecule has 4 nitrogen and oxygen atoms in total. The van der Waals surface area contributed by atoms with Crippen LogP contribution in [0.4, 0.5) is 0 Å². The van der Waals surface area contributed by atoms with E-state index in [9.17, 15) is 9.59 Å². The molecular weight excluding hydrogens is 381 g/mol. The van der Waals surface area contributed by atoms with Gasteiger partial charge >= 0.3 is 5.97 Å². The molecule has 0 aliphatic carbocycles. The standard InChI is InChI=1S/C13H15ClINO3/c1-8(3-2-4-12(17)18)16-13(19)10-7-9(14)5-6-11(10)15/h5-8H,2-4H2,1H3,(H,16,19)(H,17,18). The summed E-state index contributed by atoms with van der Waals surface area (Å²) in [4.78, 5) is 22.4. The molecule has 1 amide bonds. The monoisotopic (exact) mass is 395 g/mol. The van der Waals surface area contributed by atoms with E-state index in [4.69, 9.17) is 16.7 Å². The van der Waals surface area contributed by atoms with E-state index >= 15 is 0 Å². The van der Waals surface area contributed by atoms with Crippen molar-refractivity contribution in [3.05, 3.63) is 32.4 Å². The number of carbonyl (C=O) groups excluding carboxylic acids is 1. The molecule has 0 heterocycles. The molecule has 0 aliphatic heterocycles. The Balaban J connectivity index is 2.54. The average Bonchev–Trinajstić information content (AvgIpc) is 2.31. The fourth-order valence-corrected chi connectivity index (χ4v) is 2.36. The van der Waals surface area contributed by atoms with Crippen molar-refractivity contribution in [1.82, 2.24) is 5.32 Å². The van der Waals surface area contributed by atoms with Crippen LogP contribution in [0, 0.1) is 3.57 Å². The molecule has 1 unspecified atom stereocenters. The minimum absolute atomic E-state index is 0.0679. The summed E-state index contributed by atoms with van der Waals surface area (Å²) in [6.07, 6.45) is 1.30. The highest BCUT2D eigenvalue weighted by atomic mass is 127. The summed E-state index contributed by atoms with van der Waals surface area (Å²) < 4.78 is 0.831. The molecule has 1 rings (SSSR count). The molecular formula is C13H15ClINO3. The van der Waals surface area contributed by atoms with Gasteiger partial charge in [0.2, 0.25) is 0 Å². The Labute approximate surface area is 130 Å². The predicted octanol–water partition coefficient (Wildman–Crippen LogP) is 3.32. The molecule has 0 radical (unpaired) electrons. The molecule has 1 atom stereocenters. The van der Waals surface area contributed by atoms with Gasteiger partial charge in [-0.2, -0.15) is 0 Å². The summed E-state index contributed by atoms with van der Waals surface area (Å²) >= 11 is 7.95. The second-order valence-electron chi connectivity index (χ2n) is 4.28. The Morgan fingerprint density at radius 3 is 2.79 bits per heavy atom. The van der Waals surface area contributed by atoms with Crippen LogP contribution < -0.4 is 5.32 Å².